The number of nitrogens with zero attached hydrogens (tertiary/aromatic N) is 1. The lowest BCUT2D eigenvalue weighted by Crippen LogP contribution is -2.48. The Labute approximate surface area is 124 Å². The molecule has 0 aliphatic carbocycles. The Morgan fingerprint density at radius 1 is 1.45 bits per heavy atom. The average molecular weight is 319 g/mol. The summed E-state index contributed by atoms with van der Waals surface area (Å²) in [5.74, 6) is 0. The molecule has 1 atom stereocenters. The molecule has 20 heavy (non-hydrogen) atoms. The minimum atomic E-state index is -3.66. The first kappa shape index (κ1) is 15.6. The van der Waals surface area contributed by atoms with E-state index in [0.717, 1.165) is 0 Å². The summed E-state index contributed by atoms with van der Waals surface area (Å²) >= 11 is 5.96. The summed E-state index contributed by atoms with van der Waals surface area (Å²) in [6.45, 7) is 3.86. The van der Waals surface area contributed by atoms with Crippen LogP contribution in [0.4, 0.5) is 5.69 Å². The van der Waals surface area contributed by atoms with Crippen LogP contribution in [0.1, 0.15) is 25.3 Å². The molecule has 7 heteroatoms. The third-order valence-corrected chi connectivity index (χ3v) is 5.87. The van der Waals surface area contributed by atoms with E-state index >= 15 is 0 Å². The molecule has 1 aliphatic heterocycles. The second-order valence-corrected chi connectivity index (χ2v) is 7.90. The highest BCUT2D eigenvalue weighted by Crippen LogP contribution is 2.30. The summed E-state index contributed by atoms with van der Waals surface area (Å²) in [6.07, 6.45) is 1.23. The molecule has 1 aromatic rings. The van der Waals surface area contributed by atoms with E-state index in [9.17, 15) is 13.5 Å². The van der Waals surface area contributed by atoms with E-state index < -0.39 is 15.6 Å². The van der Waals surface area contributed by atoms with Crippen molar-refractivity contribution in [3.8, 4) is 0 Å². The van der Waals surface area contributed by atoms with Crippen molar-refractivity contribution < 1.29 is 13.5 Å². The van der Waals surface area contributed by atoms with Gasteiger partial charge in [0, 0.05) is 13.1 Å². The number of β-amino-alcohol motifs (C(OH)–C–C–N with tert-alkyl or cyclic N) is 1. The van der Waals surface area contributed by atoms with Crippen molar-refractivity contribution >= 4 is 27.3 Å². The van der Waals surface area contributed by atoms with Gasteiger partial charge < -0.3 is 10.8 Å². The Hall–Kier alpha value is -0.820. The van der Waals surface area contributed by atoms with E-state index in [4.69, 9.17) is 17.3 Å². The minimum absolute atomic E-state index is 0.0942. The summed E-state index contributed by atoms with van der Waals surface area (Å²) in [6, 6.07) is 2.88. The van der Waals surface area contributed by atoms with Crippen molar-refractivity contribution in [1.29, 1.82) is 0 Å². The van der Waals surface area contributed by atoms with Crippen LogP contribution in [0, 0.1) is 6.92 Å². The molecule has 0 saturated carbocycles. The van der Waals surface area contributed by atoms with Crippen molar-refractivity contribution in [1.82, 2.24) is 4.31 Å². The second-order valence-electron chi connectivity index (χ2n) is 5.58. The first-order valence-corrected chi connectivity index (χ1v) is 8.23. The van der Waals surface area contributed by atoms with Gasteiger partial charge in [0.1, 0.15) is 0 Å². The van der Waals surface area contributed by atoms with Crippen LogP contribution < -0.4 is 5.73 Å². The largest absolute Gasteiger partial charge is 0.397 e. The molecule has 1 aliphatic rings. The van der Waals surface area contributed by atoms with Gasteiger partial charge in [-0.1, -0.05) is 11.6 Å². The summed E-state index contributed by atoms with van der Waals surface area (Å²) in [7, 11) is -3.66. The van der Waals surface area contributed by atoms with Gasteiger partial charge in [-0.2, -0.15) is 4.31 Å². The molecule has 3 N–H and O–H groups in total. The molecular formula is C13H19ClN2O3S. The summed E-state index contributed by atoms with van der Waals surface area (Å²) in [4.78, 5) is 0.120. The average Bonchev–Trinajstić information content (AvgIpc) is 2.34. The first-order valence-electron chi connectivity index (χ1n) is 6.42. The predicted molar refractivity (Wildman–Crippen MR) is 79.2 cm³/mol. The zero-order valence-electron chi connectivity index (χ0n) is 11.6. The molecule has 1 unspecified atom stereocenters. The molecule has 1 fully saturated rings. The van der Waals surface area contributed by atoms with Gasteiger partial charge in [-0.3, -0.25) is 0 Å². The van der Waals surface area contributed by atoms with Crippen molar-refractivity contribution in [2.75, 3.05) is 18.8 Å². The first-order chi connectivity index (χ1) is 9.13. The molecule has 112 valence electrons. The number of nitrogens with two attached hydrogens (primary N) is 1. The number of rotatable bonds is 2. The van der Waals surface area contributed by atoms with Gasteiger partial charge >= 0.3 is 0 Å². The summed E-state index contributed by atoms with van der Waals surface area (Å²) < 4.78 is 26.5. The van der Waals surface area contributed by atoms with Crippen LogP contribution in [0.2, 0.25) is 5.02 Å². The van der Waals surface area contributed by atoms with E-state index in [-0.39, 0.29) is 17.1 Å². The number of piperidine rings is 1. The van der Waals surface area contributed by atoms with E-state index in [0.29, 0.717) is 30.0 Å². The Morgan fingerprint density at radius 2 is 2.10 bits per heavy atom. The van der Waals surface area contributed by atoms with Gasteiger partial charge in [0.2, 0.25) is 10.0 Å². The predicted octanol–water partition coefficient (Wildman–Crippen LogP) is 1.77. The van der Waals surface area contributed by atoms with Crippen LogP contribution in [0.25, 0.3) is 0 Å². The molecule has 5 nitrogen and oxygen atoms in total. The van der Waals surface area contributed by atoms with Gasteiger partial charge in [0.25, 0.3) is 0 Å². The van der Waals surface area contributed by atoms with Crippen LogP contribution >= 0.6 is 11.6 Å². The maximum Gasteiger partial charge on any atom is 0.243 e. The van der Waals surface area contributed by atoms with Crippen molar-refractivity contribution in [3.63, 3.8) is 0 Å². The van der Waals surface area contributed by atoms with Gasteiger partial charge in [-0.05, 0) is 44.4 Å². The molecule has 0 bridgehead atoms. The van der Waals surface area contributed by atoms with Gasteiger partial charge in [0.15, 0.2) is 0 Å². The van der Waals surface area contributed by atoms with Crippen LogP contribution in [0.15, 0.2) is 17.0 Å². The third kappa shape index (κ3) is 2.93. The molecule has 1 saturated heterocycles. The fourth-order valence-corrected chi connectivity index (χ4v) is 4.27. The minimum Gasteiger partial charge on any atom is -0.397 e. The Kier molecular flexibility index (Phi) is 4.03. The van der Waals surface area contributed by atoms with Crippen LogP contribution in [-0.2, 0) is 10.0 Å². The maximum absolute atomic E-state index is 12.6. The monoisotopic (exact) mass is 318 g/mol. The summed E-state index contributed by atoms with van der Waals surface area (Å²) in [5, 5.41) is 10.4. The topological polar surface area (TPSA) is 83.6 Å². The van der Waals surface area contributed by atoms with Gasteiger partial charge in [-0.25, -0.2) is 8.42 Å². The number of hydrogen-bond acceptors (Lipinski definition) is 4. The standard InChI is InChI=1S/C13H19ClN2O3S/c1-9-6-10(7-11(15)12(9)14)20(18,19)16-5-3-4-13(2,17)8-16/h6-7,17H,3-5,8,15H2,1-2H3. The molecule has 0 amide bonds. The normalized spacial score (nSPS) is 24.8. The molecule has 1 aromatic carbocycles. The van der Waals surface area contributed by atoms with E-state index in [1.54, 1.807) is 13.8 Å². The highest BCUT2D eigenvalue weighted by atomic mass is 35.5. The quantitative estimate of drug-likeness (QED) is 0.814. The number of anilines is 1. The number of nitrogen functional groups attached to an aromatic ring is 1. The summed E-state index contributed by atoms with van der Waals surface area (Å²) in [5.41, 5.74) is 5.61. The lowest BCUT2D eigenvalue weighted by molar-refractivity contribution is 0.00940. The van der Waals surface area contributed by atoms with Gasteiger partial charge in [-0.15, -0.1) is 0 Å². The lowest BCUT2D eigenvalue weighted by Gasteiger charge is -2.36. The number of sulfonamides is 1. The highest BCUT2D eigenvalue weighted by molar-refractivity contribution is 7.89. The van der Waals surface area contributed by atoms with Gasteiger partial charge in [0.05, 0.1) is 21.2 Å². The van der Waals surface area contributed by atoms with Crippen molar-refractivity contribution in [2.45, 2.75) is 37.2 Å². The van der Waals surface area contributed by atoms with Crippen LogP contribution in [0.5, 0.6) is 0 Å². The second kappa shape index (κ2) is 5.18. The van der Waals surface area contributed by atoms with Crippen molar-refractivity contribution in [2.24, 2.45) is 0 Å². The van der Waals surface area contributed by atoms with Crippen LogP contribution in [-0.4, -0.2) is 36.5 Å². The van der Waals surface area contributed by atoms with Crippen molar-refractivity contribution in [3.05, 3.63) is 22.7 Å². The molecule has 0 aromatic heterocycles. The zero-order chi connectivity index (χ0) is 15.1. The Balaban J connectivity index is 2.40. The Bertz CT molecular complexity index is 605. The highest BCUT2D eigenvalue weighted by Gasteiger charge is 2.35. The number of aliphatic hydroxyl groups is 1. The smallest absolute Gasteiger partial charge is 0.243 e. The number of hydrogen-bond donors (Lipinski definition) is 2. The molecular weight excluding hydrogens is 300 g/mol. The molecule has 0 spiro atoms. The SMILES string of the molecule is Cc1cc(S(=O)(=O)N2CCCC(C)(O)C2)cc(N)c1Cl. The van der Waals surface area contributed by atoms with Crippen LogP contribution in [0.3, 0.4) is 0 Å². The lowest BCUT2D eigenvalue weighted by atomic mass is 9.97. The molecule has 1 heterocycles. The number of halogens is 1. The maximum atomic E-state index is 12.6. The van der Waals surface area contributed by atoms with E-state index in [2.05, 4.69) is 0 Å². The number of benzene rings is 1. The zero-order valence-corrected chi connectivity index (χ0v) is 13.1. The Morgan fingerprint density at radius 3 is 2.65 bits per heavy atom. The molecule has 0 radical (unpaired) electrons. The van der Waals surface area contributed by atoms with E-state index in [1.807, 2.05) is 0 Å². The fourth-order valence-electron chi connectivity index (χ4n) is 2.44. The third-order valence-electron chi connectivity index (χ3n) is 3.53. The van der Waals surface area contributed by atoms with E-state index in [1.165, 1.54) is 16.4 Å². The fraction of sp³-hybridized carbons (Fsp3) is 0.538. The molecule has 2 rings (SSSR count). The number of aryl methyl sites for hydroxylation is 1.